The maximum absolute atomic E-state index is 9.81. The van der Waals surface area contributed by atoms with Gasteiger partial charge in [-0.2, -0.15) is 0 Å². The summed E-state index contributed by atoms with van der Waals surface area (Å²) in [6.07, 6.45) is 7.45. The van der Waals surface area contributed by atoms with Crippen LogP contribution in [0.4, 0.5) is 5.69 Å². The van der Waals surface area contributed by atoms with Gasteiger partial charge in [0, 0.05) is 19.3 Å². The third-order valence-electron chi connectivity index (χ3n) is 5.46. The molecule has 2 heterocycles. The highest BCUT2D eigenvalue weighted by Gasteiger charge is 2.23. The Morgan fingerprint density at radius 2 is 2.15 bits per heavy atom. The minimum atomic E-state index is -0.373. The molecule has 0 aliphatic carbocycles. The number of hydrogen-bond donors (Lipinski definition) is 3. The van der Waals surface area contributed by atoms with Crippen LogP contribution in [0.3, 0.4) is 0 Å². The number of benzene rings is 1. The maximum atomic E-state index is 9.81. The van der Waals surface area contributed by atoms with Crippen molar-refractivity contribution in [2.24, 2.45) is 20.0 Å². The van der Waals surface area contributed by atoms with E-state index in [4.69, 9.17) is 15.1 Å². The van der Waals surface area contributed by atoms with E-state index in [0.717, 1.165) is 23.2 Å². The predicted molar refractivity (Wildman–Crippen MR) is 139 cm³/mol. The van der Waals surface area contributed by atoms with E-state index in [2.05, 4.69) is 40.0 Å². The standard InChI is InChI=1S/C25H29N7O2/c1-6-21(9-11-27-14-26)34-23-8-7-22(16(2)17(23)3)31-25-24(18(4)28-15-29-25)30-19(5)32-12-10-20(33)13-32/h6-9,11,14-15,20,26,33H,1,4-5,10,12-13H2,2-3H3,(H,28,29,31)/b21-9+,26-14?,27-11?,30-24?/t20-/m0/s1. The first-order valence-electron chi connectivity index (χ1n) is 10.7. The van der Waals surface area contributed by atoms with Crippen LogP contribution in [0.15, 0.2) is 81.3 Å². The molecule has 1 aromatic carbocycles. The van der Waals surface area contributed by atoms with Gasteiger partial charge in [-0.3, -0.25) is 5.41 Å². The Kier molecular flexibility index (Phi) is 8.05. The van der Waals surface area contributed by atoms with Crippen molar-refractivity contribution in [3.8, 4) is 5.75 Å². The number of likely N-dealkylation sites (tertiary alicyclic amines) is 1. The minimum Gasteiger partial charge on any atom is -0.457 e. The van der Waals surface area contributed by atoms with E-state index < -0.39 is 0 Å². The summed E-state index contributed by atoms with van der Waals surface area (Å²) in [6, 6.07) is 3.68. The molecule has 1 atom stereocenters. The number of aliphatic hydroxyl groups excluding tert-OH is 1. The van der Waals surface area contributed by atoms with Crippen LogP contribution in [0.2, 0.25) is 0 Å². The lowest BCUT2D eigenvalue weighted by Gasteiger charge is -2.20. The van der Waals surface area contributed by atoms with Gasteiger partial charge in [0.25, 0.3) is 0 Å². The number of allylic oxidation sites excluding steroid dienone is 2. The fraction of sp³-hybridized carbons (Fsp3) is 0.240. The summed E-state index contributed by atoms with van der Waals surface area (Å²) in [7, 11) is 0. The fourth-order valence-corrected chi connectivity index (χ4v) is 3.37. The molecule has 0 amide bonds. The largest absolute Gasteiger partial charge is 0.457 e. The second kappa shape index (κ2) is 11.2. The van der Waals surface area contributed by atoms with Crippen LogP contribution in [0.1, 0.15) is 17.5 Å². The molecule has 0 aromatic heterocycles. The summed E-state index contributed by atoms with van der Waals surface area (Å²) in [4.78, 5) is 19.4. The average molecular weight is 460 g/mol. The summed E-state index contributed by atoms with van der Waals surface area (Å²) < 4.78 is 5.94. The monoisotopic (exact) mass is 459 g/mol. The lowest BCUT2D eigenvalue weighted by molar-refractivity contribution is 0.183. The molecule has 0 saturated carbocycles. The van der Waals surface area contributed by atoms with Gasteiger partial charge in [-0.1, -0.05) is 19.7 Å². The Morgan fingerprint density at radius 1 is 1.35 bits per heavy atom. The topological polar surface area (TPSA) is 118 Å². The second-order valence-corrected chi connectivity index (χ2v) is 7.72. The molecule has 2 aliphatic rings. The SMILES string of the molecule is C=C/C(=C\C=NC=N)Oc1ccc(N=C2N=CNC(=C)C2=NC(=C)N2CC[C@H](O)C2)c(C)c1C. The molecule has 9 nitrogen and oxygen atoms in total. The zero-order valence-corrected chi connectivity index (χ0v) is 19.5. The van der Waals surface area contributed by atoms with Gasteiger partial charge in [-0.15, -0.1) is 0 Å². The molecule has 0 radical (unpaired) electrons. The van der Waals surface area contributed by atoms with E-state index in [1.165, 1.54) is 12.6 Å². The highest BCUT2D eigenvalue weighted by atomic mass is 16.5. The van der Waals surface area contributed by atoms with Crippen molar-refractivity contribution in [2.45, 2.75) is 26.4 Å². The number of hydrogen-bond acceptors (Lipinski definition) is 7. The molecule has 176 valence electrons. The molecule has 1 saturated heterocycles. The summed E-state index contributed by atoms with van der Waals surface area (Å²) in [5.74, 6) is 2.11. The molecular formula is C25H29N7O2. The van der Waals surface area contributed by atoms with Crippen molar-refractivity contribution in [1.29, 1.82) is 5.41 Å². The van der Waals surface area contributed by atoms with Crippen LogP contribution < -0.4 is 10.1 Å². The Hall–Kier alpha value is -4.11. The number of rotatable bonds is 8. The third kappa shape index (κ3) is 5.81. The van der Waals surface area contributed by atoms with Gasteiger partial charge in [-0.25, -0.2) is 20.0 Å². The summed E-state index contributed by atoms with van der Waals surface area (Å²) in [6.45, 7) is 16.9. The average Bonchev–Trinajstić information content (AvgIpc) is 3.26. The molecule has 0 bridgehead atoms. The van der Waals surface area contributed by atoms with E-state index in [-0.39, 0.29) is 6.10 Å². The highest BCUT2D eigenvalue weighted by molar-refractivity contribution is 6.50. The van der Waals surface area contributed by atoms with Crippen molar-refractivity contribution >= 4 is 36.1 Å². The summed E-state index contributed by atoms with van der Waals surface area (Å²) >= 11 is 0. The number of β-amino-alcohol motifs (C(OH)–C–C–N with tert-alkyl or cyclic N) is 1. The van der Waals surface area contributed by atoms with E-state index in [1.54, 1.807) is 12.2 Å². The molecular weight excluding hydrogens is 430 g/mol. The minimum absolute atomic E-state index is 0.373. The lowest BCUT2D eigenvalue weighted by Crippen LogP contribution is -2.31. The number of ether oxygens (including phenoxy) is 1. The maximum Gasteiger partial charge on any atom is 0.182 e. The van der Waals surface area contributed by atoms with Crippen molar-refractivity contribution in [1.82, 2.24) is 10.2 Å². The first-order chi connectivity index (χ1) is 16.3. The first-order valence-corrected chi connectivity index (χ1v) is 10.7. The number of aliphatic hydroxyl groups is 1. The van der Waals surface area contributed by atoms with Crippen LogP contribution in [-0.4, -0.2) is 59.6 Å². The van der Waals surface area contributed by atoms with E-state index in [0.29, 0.717) is 54.1 Å². The molecule has 34 heavy (non-hydrogen) atoms. The van der Waals surface area contributed by atoms with Gasteiger partial charge in [0.1, 0.15) is 29.4 Å². The molecule has 3 N–H and O–H groups in total. The summed E-state index contributed by atoms with van der Waals surface area (Å²) in [5.41, 5.74) is 3.60. The number of nitrogens with one attached hydrogen (secondary N) is 2. The molecule has 1 aromatic rings. The van der Waals surface area contributed by atoms with Crippen molar-refractivity contribution in [3.05, 3.63) is 72.4 Å². The number of aliphatic imine (C=N–C) groups is 4. The van der Waals surface area contributed by atoms with E-state index >= 15 is 0 Å². The van der Waals surface area contributed by atoms with Gasteiger partial charge >= 0.3 is 0 Å². The van der Waals surface area contributed by atoms with Gasteiger partial charge in [-0.05, 0) is 55.7 Å². The molecule has 0 unspecified atom stereocenters. The van der Waals surface area contributed by atoms with Gasteiger partial charge in [0.05, 0.1) is 23.8 Å². The van der Waals surface area contributed by atoms with Gasteiger partial charge < -0.3 is 20.1 Å². The zero-order valence-electron chi connectivity index (χ0n) is 19.5. The molecule has 3 rings (SSSR count). The Labute approximate surface area is 199 Å². The molecule has 9 heteroatoms. The van der Waals surface area contributed by atoms with Crippen molar-refractivity contribution in [2.75, 3.05) is 13.1 Å². The van der Waals surface area contributed by atoms with Crippen molar-refractivity contribution in [3.63, 3.8) is 0 Å². The van der Waals surface area contributed by atoms with Crippen molar-refractivity contribution < 1.29 is 9.84 Å². The van der Waals surface area contributed by atoms with Crippen LogP contribution in [0, 0.1) is 19.3 Å². The lowest BCUT2D eigenvalue weighted by atomic mass is 10.1. The number of nitrogens with zero attached hydrogens (tertiary/aromatic N) is 5. The third-order valence-corrected chi connectivity index (χ3v) is 5.46. The zero-order chi connectivity index (χ0) is 24.7. The quantitative estimate of drug-likeness (QED) is 0.238. The van der Waals surface area contributed by atoms with Gasteiger partial charge in [0.15, 0.2) is 5.84 Å². The first kappa shape index (κ1) is 24.5. The number of amidine groups is 1. The Bertz CT molecular complexity index is 1160. The van der Waals surface area contributed by atoms with Crippen LogP contribution >= 0.6 is 0 Å². The Morgan fingerprint density at radius 3 is 2.82 bits per heavy atom. The summed E-state index contributed by atoms with van der Waals surface area (Å²) in [5, 5.41) is 19.7. The van der Waals surface area contributed by atoms with E-state index in [1.807, 2.05) is 30.9 Å². The van der Waals surface area contributed by atoms with Gasteiger partial charge in [0.2, 0.25) is 0 Å². The predicted octanol–water partition coefficient (Wildman–Crippen LogP) is 3.58. The van der Waals surface area contributed by atoms with E-state index in [9.17, 15) is 5.11 Å². The normalized spacial score (nSPS) is 20.8. The molecule has 0 spiro atoms. The molecule has 2 aliphatic heterocycles. The fourth-order valence-electron chi connectivity index (χ4n) is 3.37. The highest BCUT2D eigenvalue weighted by Crippen LogP contribution is 2.31. The van der Waals surface area contributed by atoms with Crippen LogP contribution in [0.25, 0.3) is 0 Å². The Balaban J connectivity index is 1.91. The smallest absolute Gasteiger partial charge is 0.182 e. The van der Waals surface area contributed by atoms with Crippen LogP contribution in [-0.2, 0) is 0 Å². The van der Waals surface area contributed by atoms with Crippen LogP contribution in [0.5, 0.6) is 5.75 Å². The molecule has 1 fully saturated rings. The second-order valence-electron chi connectivity index (χ2n) is 7.72.